The minimum atomic E-state index is 0.300. The summed E-state index contributed by atoms with van der Waals surface area (Å²) in [5, 5.41) is 0. The summed E-state index contributed by atoms with van der Waals surface area (Å²) in [4.78, 5) is 0. The molecule has 2 nitrogen and oxygen atoms in total. The van der Waals surface area contributed by atoms with Gasteiger partial charge in [-0.05, 0) is 0 Å². The molecule has 4 heteroatoms. The molecule has 4 heavy (non-hydrogen) atoms. The van der Waals surface area contributed by atoms with Crippen molar-refractivity contribution in [2.24, 2.45) is 0 Å². The van der Waals surface area contributed by atoms with E-state index in [2.05, 4.69) is 0 Å². The van der Waals surface area contributed by atoms with Gasteiger partial charge < -0.3 is 0 Å². The van der Waals surface area contributed by atoms with Crippen LogP contribution in [0.4, 0.5) is 0 Å². The second kappa shape index (κ2) is 38.5. The molecule has 0 amide bonds. The van der Waals surface area contributed by atoms with Crippen LogP contribution in [-0.4, -0.2) is 39.0 Å². The van der Waals surface area contributed by atoms with Crippen LogP contribution in [0, 0.1) is 0 Å². The van der Waals surface area contributed by atoms with Gasteiger partial charge >= 0.3 is 45.8 Å². The van der Waals surface area contributed by atoms with E-state index in [4.69, 9.17) is 6.85 Å². The van der Waals surface area contributed by atoms with E-state index in [9.17, 15) is 0 Å². The van der Waals surface area contributed by atoms with Gasteiger partial charge in [0, 0.05) is 0 Å². The predicted octanol–water partition coefficient (Wildman–Crippen LogP) is -0.999. The minimum absolute atomic E-state index is 0.300. The first-order valence-corrected chi connectivity index (χ1v) is 2.43. The Hall–Kier alpha value is 0.942. The molecule has 0 saturated heterocycles. The molecular formula is GeO2Sn. The topological polar surface area (TPSA) is 34.1 Å². The fourth-order valence-electron chi connectivity index (χ4n) is 0. The van der Waals surface area contributed by atoms with Crippen LogP contribution in [0.5, 0.6) is 0 Å². The second-order valence-corrected chi connectivity index (χ2v) is 0. The molecule has 0 rings (SSSR count). The molecule has 0 aromatic carbocycles. The summed E-state index contributed by atoms with van der Waals surface area (Å²) >= 11 is 1.05. The predicted molar refractivity (Wildman–Crippen MR) is 12.9 cm³/mol. The molecule has 0 aromatic heterocycles. The number of rotatable bonds is 0. The van der Waals surface area contributed by atoms with Crippen LogP contribution in [-0.2, 0) is 6.85 Å². The summed E-state index contributed by atoms with van der Waals surface area (Å²) in [7, 11) is 0. The fourth-order valence-corrected chi connectivity index (χ4v) is 0. The standard InChI is InChI=1S/GeO.O.Sn/c1-2;;. The van der Waals surface area contributed by atoms with Crippen molar-refractivity contribution in [2.75, 3.05) is 0 Å². The number of hydrogen-bond donors (Lipinski definition) is 0. The van der Waals surface area contributed by atoms with Crippen molar-refractivity contribution in [3.63, 3.8) is 0 Å². The van der Waals surface area contributed by atoms with Gasteiger partial charge in [-0.2, -0.15) is 0 Å². The van der Waals surface area contributed by atoms with Crippen LogP contribution >= 0.6 is 0 Å². The Labute approximate surface area is 45.9 Å². The third-order valence-electron chi connectivity index (χ3n) is 0. The molecule has 0 aromatic rings. The van der Waals surface area contributed by atoms with Gasteiger partial charge in [-0.15, -0.1) is 0 Å². The maximum absolute atomic E-state index is 8.34. The van der Waals surface area contributed by atoms with Crippen LogP contribution in [0.2, 0.25) is 0 Å². The molecule has 0 saturated carbocycles. The molecular weight excluding hydrogens is 223 g/mol. The first kappa shape index (κ1) is 8.87. The Bertz CT molecular complexity index is 8.00. The van der Waals surface area contributed by atoms with Crippen LogP contribution in [0.25, 0.3) is 0 Å². The zero-order valence-electron chi connectivity index (χ0n) is 1.82. The summed E-state index contributed by atoms with van der Waals surface area (Å²) in [6.45, 7) is 0. The molecule has 0 spiro atoms. The van der Waals surface area contributed by atoms with Crippen LogP contribution in [0.15, 0.2) is 0 Å². The van der Waals surface area contributed by atoms with Crippen molar-refractivity contribution in [1.82, 2.24) is 0 Å². The Morgan fingerprint density at radius 2 is 1.25 bits per heavy atom. The van der Waals surface area contributed by atoms with E-state index in [-0.39, 0.29) is 0 Å². The molecule has 0 aliphatic carbocycles. The fraction of sp³-hybridized carbons (Fsp3) is 0. The molecule has 0 unspecified atom stereocenters. The Balaban J connectivity index is 0. The first-order chi connectivity index (χ1) is 2.00. The average molecular weight is 223 g/mol. The van der Waals surface area contributed by atoms with Gasteiger partial charge in [-0.3, -0.25) is 0 Å². The Morgan fingerprint density at radius 1 is 1.25 bits per heavy atom. The third kappa shape index (κ3) is 12.5. The van der Waals surface area contributed by atoms with E-state index in [1.807, 2.05) is 0 Å². The molecule has 4 radical (unpaired) electrons. The average Bonchev–Trinajstić information content (AvgIpc) is 1.50. The normalized spacial score (nSPS) is 2.00. The van der Waals surface area contributed by atoms with E-state index in [0.29, 0.717) is 22.5 Å². The summed E-state index contributed by atoms with van der Waals surface area (Å²) in [6, 6.07) is 0. The van der Waals surface area contributed by atoms with Gasteiger partial charge in [0.25, 0.3) is 0 Å². The summed E-state index contributed by atoms with van der Waals surface area (Å²) < 4.78 is 16.6. The van der Waals surface area contributed by atoms with Crippen molar-refractivity contribution in [1.29, 1.82) is 0 Å². The Morgan fingerprint density at radius 3 is 1.25 bits per heavy atom. The van der Waals surface area contributed by atoms with E-state index < -0.39 is 0 Å². The Kier molecular flexibility index (Phi) is 85.3. The zero-order valence-corrected chi connectivity index (χ0v) is 6.77. The van der Waals surface area contributed by atoms with Gasteiger partial charge in [-0.1, -0.05) is 0 Å². The molecule has 0 N–H and O–H groups in total. The van der Waals surface area contributed by atoms with Gasteiger partial charge in [0.15, 0.2) is 0 Å². The van der Waals surface area contributed by atoms with E-state index >= 15 is 0 Å². The molecule has 0 fully saturated rings. The quantitative estimate of drug-likeness (QED) is 0.494. The van der Waals surface area contributed by atoms with Crippen molar-refractivity contribution >= 4 is 39.0 Å². The molecule has 0 atom stereocenters. The molecule has 20 valence electrons. The van der Waals surface area contributed by atoms with Crippen molar-refractivity contribution in [3.05, 3.63) is 0 Å². The third-order valence-corrected chi connectivity index (χ3v) is 0. The van der Waals surface area contributed by atoms with Crippen LogP contribution in [0.3, 0.4) is 0 Å². The zero-order chi connectivity index (χ0) is 4.00. The van der Waals surface area contributed by atoms with Gasteiger partial charge in [0.05, 0.1) is 0 Å². The van der Waals surface area contributed by atoms with E-state index in [1.54, 1.807) is 0 Å². The van der Waals surface area contributed by atoms with Crippen molar-refractivity contribution in [3.8, 4) is 0 Å². The second-order valence-electron chi connectivity index (χ2n) is 0. The van der Waals surface area contributed by atoms with Gasteiger partial charge in [0.2, 0.25) is 0 Å². The molecule has 0 aliphatic rings. The van der Waals surface area contributed by atoms with Crippen molar-refractivity contribution < 1.29 is 6.85 Å². The summed E-state index contributed by atoms with van der Waals surface area (Å²) in [5.41, 5.74) is 0. The molecule has 0 bridgehead atoms. The molecule has 0 aliphatic heterocycles. The van der Waals surface area contributed by atoms with Gasteiger partial charge in [-0.25, -0.2) is 0 Å². The maximum atomic E-state index is 8.34. The molecule has 0 heterocycles. The monoisotopic (exact) mass is 226 g/mol. The summed E-state index contributed by atoms with van der Waals surface area (Å²) in [6.07, 6.45) is 0. The SMILES string of the molecule is [O]=[Ge].[O]=[Sn]. The van der Waals surface area contributed by atoms with Gasteiger partial charge in [0.1, 0.15) is 0 Å². The summed E-state index contributed by atoms with van der Waals surface area (Å²) in [5.74, 6) is 0. The number of hydrogen-bond acceptors (Lipinski definition) is 2. The van der Waals surface area contributed by atoms with E-state index in [1.165, 1.54) is 0 Å². The van der Waals surface area contributed by atoms with E-state index in [0.717, 1.165) is 16.5 Å². The van der Waals surface area contributed by atoms with Crippen molar-refractivity contribution in [2.45, 2.75) is 0 Å². The van der Waals surface area contributed by atoms with Crippen LogP contribution in [0.1, 0.15) is 0 Å². The first-order valence-electron chi connectivity index (χ1n) is 0.408. The van der Waals surface area contributed by atoms with Crippen LogP contribution < -0.4 is 0 Å².